The summed E-state index contributed by atoms with van der Waals surface area (Å²) in [4.78, 5) is 4.62. The average Bonchev–Trinajstić information content (AvgIpc) is 2.58. The van der Waals surface area contributed by atoms with Crippen molar-refractivity contribution in [2.24, 2.45) is 0 Å². The van der Waals surface area contributed by atoms with Crippen molar-refractivity contribution in [1.82, 2.24) is 0 Å². The maximum atomic E-state index is 2.36. The second-order valence-corrected chi connectivity index (χ2v) is 6.14. The zero-order chi connectivity index (χ0) is 16.0. The van der Waals surface area contributed by atoms with Crippen LogP contribution in [0.2, 0.25) is 0 Å². The van der Waals surface area contributed by atoms with Gasteiger partial charge in [0, 0.05) is 12.7 Å². The second kappa shape index (κ2) is 5.17. The van der Waals surface area contributed by atoms with Crippen LogP contribution in [0.1, 0.15) is 11.1 Å². The summed E-state index contributed by atoms with van der Waals surface area (Å²) in [6.07, 6.45) is 0. The molecule has 0 N–H and O–H groups in total. The largest absolute Gasteiger partial charge is 0.341 e. The molecule has 0 radical (unpaired) electrons. The van der Waals surface area contributed by atoms with Gasteiger partial charge in [-0.05, 0) is 61.4 Å². The Morgan fingerprint density at radius 2 is 1.13 bits per heavy atom. The number of fused-ring (bicyclic) bond motifs is 2. The lowest BCUT2D eigenvalue weighted by molar-refractivity contribution is 1.12. The van der Waals surface area contributed by atoms with Gasteiger partial charge in [-0.1, -0.05) is 30.3 Å². The fourth-order valence-electron chi connectivity index (χ4n) is 3.28. The number of rotatable bonds is 1. The molecule has 4 rings (SSSR count). The molecule has 23 heavy (non-hydrogen) atoms. The highest BCUT2D eigenvalue weighted by Crippen LogP contribution is 2.50. The number of hydrogen-bond donors (Lipinski definition) is 0. The number of hydrogen-bond acceptors (Lipinski definition) is 2. The van der Waals surface area contributed by atoms with Gasteiger partial charge in [-0.15, -0.1) is 0 Å². The Labute approximate surface area is 137 Å². The van der Waals surface area contributed by atoms with Crippen molar-refractivity contribution in [3.8, 4) is 0 Å². The minimum Gasteiger partial charge on any atom is -0.341 e. The van der Waals surface area contributed by atoms with Gasteiger partial charge in [0.15, 0.2) is 0 Å². The smallest absolute Gasteiger partial charge is 0.0699 e. The molecule has 0 spiro atoms. The SMILES string of the molecule is Cc1ccc(N2c3ccccc3N(C)c3ccccc32)cc1C. The van der Waals surface area contributed by atoms with Crippen LogP contribution in [0.4, 0.5) is 28.4 Å². The predicted molar refractivity (Wildman–Crippen MR) is 98.7 cm³/mol. The summed E-state index contributed by atoms with van der Waals surface area (Å²) in [5, 5.41) is 0. The standard InChI is InChI=1S/C21H20N2/c1-15-12-13-17(14-16(15)2)23-20-10-6-4-8-18(20)22(3)19-9-5-7-11-21(19)23/h4-14H,1-3H3. The van der Waals surface area contributed by atoms with Gasteiger partial charge < -0.3 is 9.80 Å². The van der Waals surface area contributed by atoms with E-state index in [1.54, 1.807) is 0 Å². The van der Waals surface area contributed by atoms with E-state index in [1.165, 1.54) is 39.6 Å². The van der Waals surface area contributed by atoms with Crippen molar-refractivity contribution < 1.29 is 0 Å². The summed E-state index contributed by atoms with van der Waals surface area (Å²) in [7, 11) is 2.13. The third kappa shape index (κ3) is 2.10. The first-order valence-electron chi connectivity index (χ1n) is 7.96. The molecule has 2 nitrogen and oxygen atoms in total. The van der Waals surface area contributed by atoms with Crippen molar-refractivity contribution in [2.75, 3.05) is 16.8 Å². The Hall–Kier alpha value is -2.74. The van der Waals surface area contributed by atoms with Crippen LogP contribution in [0.25, 0.3) is 0 Å². The highest BCUT2D eigenvalue weighted by Gasteiger charge is 2.26. The van der Waals surface area contributed by atoms with Gasteiger partial charge in [0.2, 0.25) is 0 Å². The number of nitrogens with zero attached hydrogens (tertiary/aromatic N) is 2. The summed E-state index contributed by atoms with van der Waals surface area (Å²) in [6, 6.07) is 23.8. The van der Waals surface area contributed by atoms with Crippen molar-refractivity contribution in [2.45, 2.75) is 13.8 Å². The monoisotopic (exact) mass is 300 g/mol. The molecule has 1 aliphatic heterocycles. The topological polar surface area (TPSA) is 6.48 Å². The third-order valence-corrected chi connectivity index (χ3v) is 4.72. The minimum absolute atomic E-state index is 1.21. The molecule has 0 aliphatic carbocycles. The number of aryl methyl sites for hydroxylation is 2. The van der Waals surface area contributed by atoms with Crippen LogP contribution >= 0.6 is 0 Å². The fraction of sp³-hybridized carbons (Fsp3) is 0.143. The molecule has 3 aromatic rings. The summed E-state index contributed by atoms with van der Waals surface area (Å²) in [6.45, 7) is 4.33. The molecule has 1 heterocycles. The van der Waals surface area contributed by atoms with Crippen LogP contribution in [0.5, 0.6) is 0 Å². The number of benzene rings is 3. The van der Waals surface area contributed by atoms with Gasteiger partial charge in [0.25, 0.3) is 0 Å². The molecule has 0 amide bonds. The minimum atomic E-state index is 1.21. The van der Waals surface area contributed by atoms with Gasteiger partial charge in [-0.2, -0.15) is 0 Å². The Morgan fingerprint density at radius 3 is 1.65 bits per heavy atom. The lowest BCUT2D eigenvalue weighted by atomic mass is 10.0. The van der Waals surface area contributed by atoms with E-state index in [-0.39, 0.29) is 0 Å². The zero-order valence-electron chi connectivity index (χ0n) is 13.7. The van der Waals surface area contributed by atoms with E-state index in [0.29, 0.717) is 0 Å². The molecule has 3 aromatic carbocycles. The van der Waals surface area contributed by atoms with Crippen LogP contribution in [0.15, 0.2) is 66.7 Å². The molecule has 0 fully saturated rings. The molecule has 0 bridgehead atoms. The van der Waals surface area contributed by atoms with Crippen LogP contribution in [0, 0.1) is 13.8 Å². The molecule has 1 aliphatic rings. The van der Waals surface area contributed by atoms with Gasteiger partial charge in [-0.25, -0.2) is 0 Å². The second-order valence-electron chi connectivity index (χ2n) is 6.14. The molecule has 0 saturated heterocycles. The van der Waals surface area contributed by atoms with E-state index in [9.17, 15) is 0 Å². The van der Waals surface area contributed by atoms with Crippen LogP contribution in [-0.4, -0.2) is 7.05 Å². The van der Waals surface area contributed by atoms with Crippen LogP contribution < -0.4 is 9.80 Å². The maximum Gasteiger partial charge on any atom is 0.0699 e. The molecular formula is C21H20N2. The molecule has 0 saturated carbocycles. The average molecular weight is 300 g/mol. The first-order chi connectivity index (χ1) is 11.2. The maximum absolute atomic E-state index is 2.36. The molecule has 2 heteroatoms. The van der Waals surface area contributed by atoms with Crippen LogP contribution in [-0.2, 0) is 0 Å². The summed E-state index contributed by atoms with van der Waals surface area (Å²) in [5.74, 6) is 0. The highest BCUT2D eigenvalue weighted by atomic mass is 15.3. The van der Waals surface area contributed by atoms with E-state index in [2.05, 4.69) is 97.4 Å². The van der Waals surface area contributed by atoms with Crippen molar-refractivity contribution in [3.63, 3.8) is 0 Å². The first-order valence-corrected chi connectivity index (χ1v) is 7.96. The van der Waals surface area contributed by atoms with Gasteiger partial charge >= 0.3 is 0 Å². The van der Waals surface area contributed by atoms with E-state index < -0.39 is 0 Å². The highest BCUT2D eigenvalue weighted by molar-refractivity contribution is 5.97. The van der Waals surface area contributed by atoms with Gasteiger partial charge in [-0.3, -0.25) is 0 Å². The number of para-hydroxylation sites is 4. The van der Waals surface area contributed by atoms with Gasteiger partial charge in [0.1, 0.15) is 0 Å². The Kier molecular flexibility index (Phi) is 3.12. The normalized spacial score (nSPS) is 12.8. The number of anilines is 5. The molecular weight excluding hydrogens is 280 g/mol. The Morgan fingerprint density at radius 1 is 0.609 bits per heavy atom. The summed E-state index contributed by atoms with van der Waals surface area (Å²) >= 11 is 0. The van der Waals surface area contributed by atoms with Crippen molar-refractivity contribution in [1.29, 1.82) is 0 Å². The quantitative estimate of drug-likeness (QED) is 0.556. The van der Waals surface area contributed by atoms with Crippen molar-refractivity contribution >= 4 is 28.4 Å². The molecule has 0 aromatic heterocycles. The fourth-order valence-corrected chi connectivity index (χ4v) is 3.28. The lowest BCUT2D eigenvalue weighted by Crippen LogP contribution is -2.23. The summed E-state index contributed by atoms with van der Waals surface area (Å²) in [5.41, 5.74) is 8.74. The Balaban J connectivity index is 1.99. The Bertz CT molecular complexity index is 835. The predicted octanol–water partition coefficient (Wildman–Crippen LogP) is 5.85. The third-order valence-electron chi connectivity index (χ3n) is 4.72. The molecule has 0 unspecified atom stereocenters. The van der Waals surface area contributed by atoms with Crippen molar-refractivity contribution in [3.05, 3.63) is 77.9 Å². The van der Waals surface area contributed by atoms with E-state index >= 15 is 0 Å². The van der Waals surface area contributed by atoms with E-state index in [4.69, 9.17) is 0 Å². The molecule has 0 atom stereocenters. The first kappa shape index (κ1) is 13.9. The molecule has 114 valence electrons. The van der Waals surface area contributed by atoms with Gasteiger partial charge in [0.05, 0.1) is 22.7 Å². The van der Waals surface area contributed by atoms with E-state index in [1.807, 2.05) is 0 Å². The summed E-state index contributed by atoms with van der Waals surface area (Å²) < 4.78 is 0. The zero-order valence-corrected chi connectivity index (χ0v) is 13.7. The van der Waals surface area contributed by atoms with E-state index in [0.717, 1.165) is 0 Å². The lowest BCUT2D eigenvalue weighted by Gasteiger charge is -2.38. The van der Waals surface area contributed by atoms with Crippen LogP contribution in [0.3, 0.4) is 0 Å².